The zero-order valence-electron chi connectivity index (χ0n) is 15.0. The number of nitrogens with zero attached hydrogens (tertiary/aromatic N) is 2. The number of Topliss-reactive ketones (excluding diaryl/α,β-unsaturated/α-hetero) is 1. The zero-order chi connectivity index (χ0) is 18.5. The Hall–Kier alpha value is -2.60. The molecule has 0 aliphatic carbocycles. The highest BCUT2D eigenvalue weighted by Gasteiger charge is 2.14. The molecule has 1 heterocycles. The minimum atomic E-state index is 0.0528. The highest BCUT2D eigenvalue weighted by molar-refractivity contribution is 7.99. The first kappa shape index (κ1) is 18.2. The van der Waals surface area contributed by atoms with Crippen LogP contribution in [0, 0.1) is 13.8 Å². The molecule has 0 N–H and O–H groups in total. The topological polar surface area (TPSA) is 65.2 Å². The number of ether oxygens (including phenoxy) is 1. The third kappa shape index (κ3) is 4.32. The molecule has 6 heteroatoms. The summed E-state index contributed by atoms with van der Waals surface area (Å²) in [6.45, 7) is 6.47. The lowest BCUT2D eigenvalue weighted by molar-refractivity contribution is 0.102. The van der Waals surface area contributed by atoms with Gasteiger partial charge in [-0.25, -0.2) is 0 Å². The van der Waals surface area contributed by atoms with E-state index in [2.05, 4.69) is 10.2 Å². The zero-order valence-corrected chi connectivity index (χ0v) is 15.8. The van der Waals surface area contributed by atoms with E-state index >= 15 is 0 Å². The molecular formula is C20H20N2O3S. The van der Waals surface area contributed by atoms with Crippen LogP contribution in [0.15, 0.2) is 52.1 Å². The van der Waals surface area contributed by atoms with E-state index in [1.54, 1.807) is 0 Å². The first-order valence-electron chi connectivity index (χ1n) is 8.37. The number of hydrogen-bond donors (Lipinski definition) is 0. The highest BCUT2D eigenvalue weighted by atomic mass is 32.2. The summed E-state index contributed by atoms with van der Waals surface area (Å²) in [6.07, 6.45) is 0. The lowest BCUT2D eigenvalue weighted by Gasteiger charge is -2.05. The van der Waals surface area contributed by atoms with Crippen LogP contribution < -0.4 is 4.74 Å². The normalized spacial score (nSPS) is 10.7. The van der Waals surface area contributed by atoms with Gasteiger partial charge < -0.3 is 9.15 Å². The Balaban J connectivity index is 1.65. The maximum Gasteiger partial charge on any atom is 0.277 e. The van der Waals surface area contributed by atoms with Crippen molar-refractivity contribution >= 4 is 17.5 Å². The predicted molar refractivity (Wildman–Crippen MR) is 102 cm³/mol. The van der Waals surface area contributed by atoms with Crippen LogP contribution in [0.1, 0.15) is 28.4 Å². The van der Waals surface area contributed by atoms with Crippen LogP contribution in [0.4, 0.5) is 0 Å². The quantitative estimate of drug-likeness (QED) is 0.444. The molecule has 0 aliphatic rings. The van der Waals surface area contributed by atoms with Crippen molar-refractivity contribution < 1.29 is 13.9 Å². The van der Waals surface area contributed by atoms with Crippen molar-refractivity contribution in [3.8, 4) is 17.2 Å². The van der Waals surface area contributed by atoms with E-state index in [1.165, 1.54) is 11.8 Å². The molecule has 0 amide bonds. The summed E-state index contributed by atoms with van der Waals surface area (Å²) in [7, 11) is 0. The van der Waals surface area contributed by atoms with Crippen LogP contribution in [-0.2, 0) is 0 Å². The Morgan fingerprint density at radius 1 is 1.12 bits per heavy atom. The molecule has 134 valence electrons. The van der Waals surface area contributed by atoms with Gasteiger partial charge in [-0.15, -0.1) is 10.2 Å². The van der Waals surface area contributed by atoms with E-state index in [1.807, 2.05) is 63.2 Å². The number of carbonyl (C=O) groups is 1. The van der Waals surface area contributed by atoms with E-state index in [0.717, 1.165) is 28.0 Å². The molecule has 5 nitrogen and oxygen atoms in total. The van der Waals surface area contributed by atoms with Gasteiger partial charge in [-0.1, -0.05) is 29.5 Å². The van der Waals surface area contributed by atoms with Crippen molar-refractivity contribution in [2.75, 3.05) is 12.4 Å². The SMILES string of the molecule is CCOc1ccc(-c2nnc(SCC(=O)c3cc(C)ccc3C)o2)cc1. The van der Waals surface area contributed by atoms with E-state index < -0.39 is 0 Å². The fraction of sp³-hybridized carbons (Fsp3) is 0.250. The molecule has 0 radical (unpaired) electrons. The van der Waals surface area contributed by atoms with Crippen LogP contribution >= 0.6 is 11.8 Å². The van der Waals surface area contributed by atoms with Crippen molar-refractivity contribution in [2.24, 2.45) is 0 Å². The van der Waals surface area contributed by atoms with Gasteiger partial charge in [0.25, 0.3) is 5.22 Å². The minimum Gasteiger partial charge on any atom is -0.494 e. The van der Waals surface area contributed by atoms with Crippen LogP contribution in [0.2, 0.25) is 0 Å². The number of aryl methyl sites for hydroxylation is 2. The Kier molecular flexibility index (Phi) is 5.73. The summed E-state index contributed by atoms with van der Waals surface area (Å²) in [5, 5.41) is 8.46. The van der Waals surface area contributed by atoms with Crippen molar-refractivity contribution in [1.82, 2.24) is 10.2 Å². The lowest BCUT2D eigenvalue weighted by atomic mass is 10.0. The number of thioether (sulfide) groups is 1. The Morgan fingerprint density at radius 2 is 1.88 bits per heavy atom. The molecule has 0 spiro atoms. The first-order chi connectivity index (χ1) is 12.6. The first-order valence-corrected chi connectivity index (χ1v) is 9.35. The van der Waals surface area contributed by atoms with Crippen molar-refractivity contribution in [1.29, 1.82) is 0 Å². The third-order valence-corrected chi connectivity index (χ3v) is 4.66. The fourth-order valence-electron chi connectivity index (χ4n) is 2.49. The largest absolute Gasteiger partial charge is 0.494 e. The smallest absolute Gasteiger partial charge is 0.277 e. The number of carbonyl (C=O) groups excluding carboxylic acids is 1. The average Bonchev–Trinajstić information content (AvgIpc) is 3.11. The molecule has 3 rings (SSSR count). The van der Waals surface area contributed by atoms with Gasteiger partial charge in [0.2, 0.25) is 5.89 Å². The summed E-state index contributed by atoms with van der Waals surface area (Å²) in [4.78, 5) is 12.4. The third-order valence-electron chi connectivity index (χ3n) is 3.84. The van der Waals surface area contributed by atoms with E-state index in [4.69, 9.17) is 9.15 Å². The number of hydrogen-bond acceptors (Lipinski definition) is 6. The molecule has 0 fully saturated rings. The van der Waals surface area contributed by atoms with Crippen LogP contribution in [0.5, 0.6) is 5.75 Å². The van der Waals surface area contributed by atoms with Gasteiger partial charge in [-0.05, 0) is 56.7 Å². The van der Waals surface area contributed by atoms with Crippen LogP contribution in [0.25, 0.3) is 11.5 Å². The van der Waals surface area contributed by atoms with Gasteiger partial charge in [0, 0.05) is 11.1 Å². The van der Waals surface area contributed by atoms with Gasteiger partial charge in [0.1, 0.15) is 5.75 Å². The molecule has 1 aromatic heterocycles. The van der Waals surface area contributed by atoms with Crippen molar-refractivity contribution in [3.05, 3.63) is 59.2 Å². The van der Waals surface area contributed by atoms with Gasteiger partial charge in [-0.3, -0.25) is 4.79 Å². The Labute approximate surface area is 156 Å². The van der Waals surface area contributed by atoms with Crippen LogP contribution in [0.3, 0.4) is 0 Å². The fourth-order valence-corrected chi connectivity index (χ4v) is 3.13. The number of aromatic nitrogens is 2. The van der Waals surface area contributed by atoms with Gasteiger partial charge in [0.15, 0.2) is 5.78 Å². The number of benzene rings is 2. The van der Waals surface area contributed by atoms with Gasteiger partial charge in [0.05, 0.1) is 12.4 Å². The Bertz CT molecular complexity index is 904. The standard InChI is InChI=1S/C20H20N2O3S/c1-4-24-16-9-7-15(8-10-16)19-21-22-20(25-19)26-12-18(23)17-11-13(2)5-6-14(17)3/h5-11H,4,12H2,1-3H3. The molecule has 0 unspecified atom stereocenters. The lowest BCUT2D eigenvalue weighted by Crippen LogP contribution is -2.05. The van der Waals surface area contributed by atoms with Crippen molar-refractivity contribution in [3.63, 3.8) is 0 Å². The molecule has 0 atom stereocenters. The van der Waals surface area contributed by atoms with E-state index in [9.17, 15) is 4.79 Å². The molecule has 0 bridgehead atoms. The summed E-state index contributed by atoms with van der Waals surface area (Å²) in [5.74, 6) is 1.53. The van der Waals surface area contributed by atoms with Crippen molar-refractivity contribution in [2.45, 2.75) is 26.0 Å². The molecule has 0 saturated heterocycles. The number of rotatable bonds is 7. The molecular weight excluding hydrogens is 348 g/mol. The second-order valence-electron chi connectivity index (χ2n) is 5.86. The summed E-state index contributed by atoms with van der Waals surface area (Å²) < 4.78 is 11.1. The van der Waals surface area contributed by atoms with Gasteiger partial charge in [-0.2, -0.15) is 0 Å². The van der Waals surface area contributed by atoms with Crippen LogP contribution in [-0.4, -0.2) is 28.3 Å². The minimum absolute atomic E-state index is 0.0528. The monoisotopic (exact) mass is 368 g/mol. The molecule has 0 aliphatic heterocycles. The predicted octanol–water partition coefficient (Wildman–Crippen LogP) is 4.73. The van der Waals surface area contributed by atoms with Gasteiger partial charge >= 0.3 is 0 Å². The summed E-state index contributed by atoms with van der Waals surface area (Å²) >= 11 is 1.25. The number of ketones is 1. The average molecular weight is 368 g/mol. The maximum atomic E-state index is 12.4. The molecule has 26 heavy (non-hydrogen) atoms. The summed E-state index contributed by atoms with van der Waals surface area (Å²) in [6, 6.07) is 13.3. The molecule has 0 saturated carbocycles. The molecule has 2 aromatic carbocycles. The Morgan fingerprint density at radius 3 is 2.62 bits per heavy atom. The second-order valence-corrected chi connectivity index (χ2v) is 6.79. The maximum absolute atomic E-state index is 12.4. The molecule has 3 aromatic rings. The van der Waals surface area contributed by atoms with E-state index in [0.29, 0.717) is 17.7 Å². The second kappa shape index (κ2) is 8.19. The summed E-state index contributed by atoms with van der Waals surface area (Å²) in [5.41, 5.74) is 3.60. The highest BCUT2D eigenvalue weighted by Crippen LogP contribution is 2.25. The van der Waals surface area contributed by atoms with E-state index in [-0.39, 0.29) is 11.5 Å².